The summed E-state index contributed by atoms with van der Waals surface area (Å²) in [6.07, 6.45) is 2.89. The minimum atomic E-state index is -3.83. The molecule has 0 saturated carbocycles. The van der Waals surface area contributed by atoms with E-state index in [2.05, 4.69) is 23.7 Å². The molecular formula is C20H24N2O3S. The first-order chi connectivity index (χ1) is 12.5. The van der Waals surface area contributed by atoms with Crippen molar-refractivity contribution in [2.45, 2.75) is 25.2 Å². The van der Waals surface area contributed by atoms with Crippen molar-refractivity contribution in [1.82, 2.24) is 9.88 Å². The topological polar surface area (TPSA) is 62.4 Å². The van der Waals surface area contributed by atoms with E-state index in [0.717, 1.165) is 42.5 Å². The van der Waals surface area contributed by atoms with Crippen LogP contribution in [0.5, 0.6) is 5.75 Å². The molecule has 3 aromatic rings. The van der Waals surface area contributed by atoms with Crippen LogP contribution in [-0.4, -0.2) is 37.9 Å². The van der Waals surface area contributed by atoms with Gasteiger partial charge >= 0.3 is 10.1 Å². The molecule has 1 N–H and O–H groups in total. The van der Waals surface area contributed by atoms with E-state index < -0.39 is 10.1 Å². The van der Waals surface area contributed by atoms with Crippen molar-refractivity contribution < 1.29 is 12.6 Å². The summed E-state index contributed by atoms with van der Waals surface area (Å²) < 4.78 is 30.2. The molecule has 0 amide bonds. The summed E-state index contributed by atoms with van der Waals surface area (Å²) in [6.45, 7) is 7.30. The van der Waals surface area contributed by atoms with Gasteiger partial charge in [0.2, 0.25) is 0 Å². The van der Waals surface area contributed by atoms with E-state index in [4.69, 9.17) is 4.18 Å². The maximum absolute atomic E-state index is 12.4. The smallest absolute Gasteiger partial charge is 0.339 e. The van der Waals surface area contributed by atoms with Gasteiger partial charge in [0.05, 0.1) is 0 Å². The predicted octanol–water partition coefficient (Wildman–Crippen LogP) is 3.82. The molecule has 0 spiro atoms. The summed E-state index contributed by atoms with van der Waals surface area (Å²) in [7, 11) is -3.83. The molecule has 6 heteroatoms. The lowest BCUT2D eigenvalue weighted by Gasteiger charge is -2.17. The van der Waals surface area contributed by atoms with E-state index in [1.165, 1.54) is 12.1 Å². The van der Waals surface area contributed by atoms with Gasteiger partial charge in [-0.1, -0.05) is 32.0 Å². The number of aromatic amines is 1. The number of rotatable bonds is 8. The first-order valence-corrected chi connectivity index (χ1v) is 10.3. The normalized spacial score (nSPS) is 12.0. The molecule has 3 rings (SSSR count). The average Bonchev–Trinajstić information content (AvgIpc) is 3.05. The van der Waals surface area contributed by atoms with E-state index in [0.29, 0.717) is 5.75 Å². The summed E-state index contributed by atoms with van der Waals surface area (Å²) in [5.41, 5.74) is 2.14. The van der Waals surface area contributed by atoms with E-state index in [9.17, 15) is 8.42 Å². The fourth-order valence-electron chi connectivity index (χ4n) is 3.00. The van der Waals surface area contributed by atoms with Gasteiger partial charge in [-0.15, -0.1) is 0 Å². The first-order valence-electron chi connectivity index (χ1n) is 8.85. The molecule has 2 aromatic carbocycles. The van der Waals surface area contributed by atoms with Crippen molar-refractivity contribution >= 4 is 21.0 Å². The largest absolute Gasteiger partial charge is 0.379 e. The van der Waals surface area contributed by atoms with Crippen LogP contribution in [0.15, 0.2) is 59.6 Å². The zero-order valence-corrected chi connectivity index (χ0v) is 15.9. The van der Waals surface area contributed by atoms with Gasteiger partial charge in [0.1, 0.15) is 10.6 Å². The highest BCUT2D eigenvalue weighted by Crippen LogP contribution is 2.26. The summed E-state index contributed by atoms with van der Waals surface area (Å²) >= 11 is 0. The highest BCUT2D eigenvalue weighted by atomic mass is 32.2. The van der Waals surface area contributed by atoms with Crippen molar-refractivity contribution in [2.24, 2.45) is 0 Å². The van der Waals surface area contributed by atoms with Gasteiger partial charge in [-0.2, -0.15) is 8.42 Å². The van der Waals surface area contributed by atoms with Gasteiger partial charge in [-0.25, -0.2) is 0 Å². The Morgan fingerprint density at radius 1 is 1.04 bits per heavy atom. The van der Waals surface area contributed by atoms with Crippen LogP contribution in [0.25, 0.3) is 10.9 Å². The number of H-pyrrole nitrogens is 1. The molecular weight excluding hydrogens is 348 g/mol. The second-order valence-electron chi connectivity index (χ2n) is 6.15. The van der Waals surface area contributed by atoms with Crippen LogP contribution < -0.4 is 4.18 Å². The molecule has 1 heterocycles. The number of aromatic nitrogens is 1. The molecule has 138 valence electrons. The predicted molar refractivity (Wildman–Crippen MR) is 104 cm³/mol. The van der Waals surface area contributed by atoms with Gasteiger partial charge in [0, 0.05) is 23.6 Å². The van der Waals surface area contributed by atoms with Crippen molar-refractivity contribution in [1.29, 1.82) is 0 Å². The summed E-state index contributed by atoms with van der Waals surface area (Å²) in [4.78, 5) is 5.76. The van der Waals surface area contributed by atoms with Gasteiger partial charge in [0.15, 0.2) is 0 Å². The van der Waals surface area contributed by atoms with Crippen molar-refractivity contribution in [2.75, 3.05) is 19.6 Å². The molecule has 0 aliphatic rings. The molecule has 0 saturated heterocycles. The fourth-order valence-corrected chi connectivity index (χ4v) is 3.94. The van der Waals surface area contributed by atoms with Crippen LogP contribution in [-0.2, 0) is 16.5 Å². The Balaban J connectivity index is 1.83. The molecule has 26 heavy (non-hydrogen) atoms. The number of hydrogen-bond donors (Lipinski definition) is 1. The number of likely N-dealkylation sites (N-methyl/N-ethyl adjacent to an activating group) is 1. The molecule has 0 aliphatic heterocycles. The maximum Gasteiger partial charge on any atom is 0.339 e. The van der Waals surface area contributed by atoms with Crippen LogP contribution >= 0.6 is 0 Å². The molecule has 0 radical (unpaired) electrons. The standard InChI is InChI=1S/C20H24N2O3S/c1-3-22(4-2)13-12-16-15-21-20-11-10-17(14-19(16)20)25-26(23,24)18-8-6-5-7-9-18/h5-11,14-15,21H,3-4,12-13H2,1-2H3. The summed E-state index contributed by atoms with van der Waals surface area (Å²) in [5.74, 6) is 0.324. The van der Waals surface area contributed by atoms with Gasteiger partial charge in [-0.3, -0.25) is 0 Å². The van der Waals surface area contributed by atoms with Crippen LogP contribution in [0.2, 0.25) is 0 Å². The quantitative estimate of drug-likeness (QED) is 0.611. The highest BCUT2D eigenvalue weighted by molar-refractivity contribution is 7.87. The van der Waals surface area contributed by atoms with Crippen LogP contribution in [0.4, 0.5) is 0 Å². The average molecular weight is 372 g/mol. The van der Waals surface area contributed by atoms with Crippen LogP contribution in [0.3, 0.4) is 0 Å². The Bertz CT molecular complexity index is 961. The third-order valence-electron chi connectivity index (χ3n) is 4.57. The maximum atomic E-state index is 12.4. The molecule has 0 fully saturated rings. The Kier molecular flexibility index (Phi) is 5.64. The molecule has 0 bridgehead atoms. The van der Waals surface area contributed by atoms with Crippen LogP contribution in [0, 0.1) is 0 Å². The second kappa shape index (κ2) is 7.93. The minimum Gasteiger partial charge on any atom is -0.379 e. The molecule has 0 aliphatic carbocycles. The summed E-state index contributed by atoms with van der Waals surface area (Å²) in [6, 6.07) is 13.5. The Hall–Kier alpha value is -2.31. The van der Waals surface area contributed by atoms with E-state index >= 15 is 0 Å². The molecule has 0 atom stereocenters. The number of benzene rings is 2. The lowest BCUT2D eigenvalue weighted by Crippen LogP contribution is -2.25. The fraction of sp³-hybridized carbons (Fsp3) is 0.300. The second-order valence-corrected chi connectivity index (χ2v) is 7.70. The third-order valence-corrected chi connectivity index (χ3v) is 5.83. The SMILES string of the molecule is CCN(CC)CCc1c[nH]c2ccc(OS(=O)(=O)c3ccccc3)cc12. The lowest BCUT2D eigenvalue weighted by atomic mass is 10.1. The van der Waals surface area contributed by atoms with Crippen molar-refractivity contribution in [3.63, 3.8) is 0 Å². The van der Waals surface area contributed by atoms with E-state index in [1.54, 1.807) is 30.3 Å². The number of fused-ring (bicyclic) bond motifs is 1. The Labute approximate surface area is 154 Å². The zero-order chi connectivity index (χ0) is 18.6. The van der Waals surface area contributed by atoms with Gasteiger partial charge in [-0.05, 0) is 55.4 Å². The number of nitrogens with zero attached hydrogens (tertiary/aromatic N) is 1. The zero-order valence-electron chi connectivity index (χ0n) is 15.1. The number of hydrogen-bond acceptors (Lipinski definition) is 4. The summed E-state index contributed by atoms with van der Waals surface area (Å²) in [5, 5.41) is 0.998. The minimum absolute atomic E-state index is 0.149. The van der Waals surface area contributed by atoms with Crippen molar-refractivity contribution in [3.8, 4) is 5.75 Å². The first kappa shape index (κ1) is 18.5. The molecule has 0 unspecified atom stereocenters. The molecule has 5 nitrogen and oxygen atoms in total. The van der Waals surface area contributed by atoms with Gasteiger partial charge in [0.25, 0.3) is 0 Å². The van der Waals surface area contributed by atoms with E-state index in [-0.39, 0.29) is 4.90 Å². The monoisotopic (exact) mass is 372 g/mol. The highest BCUT2D eigenvalue weighted by Gasteiger charge is 2.17. The lowest BCUT2D eigenvalue weighted by molar-refractivity contribution is 0.308. The van der Waals surface area contributed by atoms with E-state index in [1.807, 2.05) is 12.3 Å². The molecule has 1 aromatic heterocycles. The van der Waals surface area contributed by atoms with Crippen LogP contribution in [0.1, 0.15) is 19.4 Å². The van der Waals surface area contributed by atoms with Gasteiger partial charge < -0.3 is 14.1 Å². The Morgan fingerprint density at radius 2 is 1.77 bits per heavy atom. The third kappa shape index (κ3) is 4.08. The number of nitrogens with one attached hydrogen (secondary N) is 1. The van der Waals surface area contributed by atoms with Crippen molar-refractivity contribution in [3.05, 3.63) is 60.3 Å². The Morgan fingerprint density at radius 3 is 2.46 bits per heavy atom.